The Kier molecular flexibility index (Phi) is 9.84. The summed E-state index contributed by atoms with van der Waals surface area (Å²) in [6, 6.07) is 0. The average molecular weight is 198 g/mol. The minimum atomic E-state index is 1.04. The predicted molar refractivity (Wildman–Crippen MR) is 64.8 cm³/mol. The van der Waals surface area contributed by atoms with Crippen molar-refractivity contribution >= 4 is 0 Å². The molecule has 1 aromatic rings. The van der Waals surface area contributed by atoms with E-state index in [9.17, 15) is 0 Å². The minimum absolute atomic E-state index is 1.04. The van der Waals surface area contributed by atoms with E-state index in [0.717, 1.165) is 6.42 Å². The summed E-state index contributed by atoms with van der Waals surface area (Å²) in [4.78, 5) is 0. The van der Waals surface area contributed by atoms with Gasteiger partial charge in [-0.05, 0) is 25.8 Å². The van der Waals surface area contributed by atoms with Gasteiger partial charge < -0.3 is 0 Å². The number of hydrogen-bond donors (Lipinski definition) is 0. The molecule has 1 aromatic heterocycles. The van der Waals surface area contributed by atoms with Crippen molar-refractivity contribution in [1.82, 2.24) is 9.78 Å². The molecule has 0 fully saturated rings. The third-order valence-corrected chi connectivity index (χ3v) is 2.07. The molecule has 2 heteroatoms. The maximum absolute atomic E-state index is 4.34. The Balaban J connectivity index is 0. The van der Waals surface area contributed by atoms with E-state index in [1.807, 2.05) is 39.4 Å². The van der Waals surface area contributed by atoms with Crippen molar-refractivity contribution in [3.63, 3.8) is 0 Å². The van der Waals surface area contributed by atoms with Crippen LogP contribution < -0.4 is 0 Å². The van der Waals surface area contributed by atoms with Crippen LogP contribution in [0.1, 0.15) is 51.6 Å². The second kappa shape index (κ2) is 8.79. The van der Waals surface area contributed by atoms with Gasteiger partial charge in [0.25, 0.3) is 0 Å². The minimum Gasteiger partial charge on any atom is -0.272 e. The summed E-state index contributed by atoms with van der Waals surface area (Å²) in [6.07, 6.45) is 1.04. The van der Waals surface area contributed by atoms with Crippen LogP contribution in [0.4, 0.5) is 0 Å². The first-order valence-corrected chi connectivity index (χ1v) is 5.66. The fraction of sp³-hybridized carbons (Fsp3) is 0.750. The van der Waals surface area contributed by atoms with Gasteiger partial charge >= 0.3 is 0 Å². The molecule has 0 N–H and O–H groups in total. The van der Waals surface area contributed by atoms with E-state index >= 15 is 0 Å². The smallest absolute Gasteiger partial charge is 0.0653 e. The van der Waals surface area contributed by atoms with Gasteiger partial charge in [0.15, 0.2) is 0 Å². The van der Waals surface area contributed by atoms with E-state index in [1.165, 1.54) is 17.0 Å². The second-order valence-corrected chi connectivity index (χ2v) is 2.63. The zero-order valence-electron chi connectivity index (χ0n) is 11.1. The summed E-state index contributed by atoms with van der Waals surface area (Å²) in [5, 5.41) is 4.34. The van der Waals surface area contributed by atoms with Crippen LogP contribution in [0, 0.1) is 13.8 Å². The summed E-state index contributed by atoms with van der Waals surface area (Å²) >= 11 is 0. The van der Waals surface area contributed by atoms with Gasteiger partial charge in [0, 0.05) is 12.7 Å². The molecular formula is C12H26N2. The van der Waals surface area contributed by atoms with Crippen LogP contribution in [0.15, 0.2) is 0 Å². The lowest BCUT2D eigenvalue weighted by atomic mass is 10.2. The highest BCUT2D eigenvalue weighted by atomic mass is 15.3. The van der Waals surface area contributed by atoms with Gasteiger partial charge in [0.05, 0.1) is 5.69 Å². The largest absolute Gasteiger partial charge is 0.272 e. The van der Waals surface area contributed by atoms with Gasteiger partial charge in [-0.1, -0.05) is 34.6 Å². The van der Waals surface area contributed by atoms with Crippen molar-refractivity contribution in [2.75, 3.05) is 0 Å². The molecule has 0 atom stereocenters. The van der Waals surface area contributed by atoms with E-state index in [1.54, 1.807) is 0 Å². The van der Waals surface area contributed by atoms with Crippen molar-refractivity contribution in [2.24, 2.45) is 7.05 Å². The summed E-state index contributed by atoms with van der Waals surface area (Å²) < 4.78 is 1.94. The monoisotopic (exact) mass is 198 g/mol. The highest BCUT2D eigenvalue weighted by Crippen LogP contribution is 2.10. The summed E-state index contributed by atoms with van der Waals surface area (Å²) in [7, 11) is 1.99. The topological polar surface area (TPSA) is 17.8 Å². The Morgan fingerprint density at radius 2 is 1.50 bits per heavy atom. The van der Waals surface area contributed by atoms with Crippen LogP contribution in [-0.4, -0.2) is 9.78 Å². The summed E-state index contributed by atoms with van der Waals surface area (Å²) in [6.45, 7) is 14.4. The zero-order valence-corrected chi connectivity index (χ0v) is 11.1. The van der Waals surface area contributed by atoms with Gasteiger partial charge in [0.1, 0.15) is 0 Å². The van der Waals surface area contributed by atoms with Crippen LogP contribution in [0.3, 0.4) is 0 Å². The molecule has 84 valence electrons. The molecular weight excluding hydrogens is 172 g/mol. The van der Waals surface area contributed by atoms with Gasteiger partial charge in [-0.2, -0.15) is 5.10 Å². The maximum atomic E-state index is 4.34. The molecule has 1 heterocycles. The standard InChI is InChI=1S/C8H14N2.2C2H6/c1-5-8-6(2)7(3)10(4)9-8;2*1-2/h5H2,1-4H3;2*1-2H3. The van der Waals surface area contributed by atoms with Crippen LogP contribution in [0.2, 0.25) is 0 Å². The zero-order chi connectivity index (χ0) is 11.7. The average Bonchev–Trinajstić information content (AvgIpc) is 2.51. The molecule has 14 heavy (non-hydrogen) atoms. The van der Waals surface area contributed by atoms with Gasteiger partial charge in [-0.25, -0.2) is 0 Å². The SMILES string of the molecule is CC.CC.CCc1nn(C)c(C)c1C. The second-order valence-electron chi connectivity index (χ2n) is 2.63. The van der Waals surface area contributed by atoms with Crippen molar-refractivity contribution in [3.8, 4) is 0 Å². The van der Waals surface area contributed by atoms with Crippen LogP contribution in [-0.2, 0) is 13.5 Å². The fourth-order valence-corrected chi connectivity index (χ4v) is 1.12. The quantitative estimate of drug-likeness (QED) is 0.673. The first-order valence-electron chi connectivity index (χ1n) is 5.66. The molecule has 0 unspecified atom stereocenters. The van der Waals surface area contributed by atoms with Crippen molar-refractivity contribution in [2.45, 2.75) is 54.9 Å². The molecule has 0 bridgehead atoms. The lowest BCUT2D eigenvalue weighted by Crippen LogP contribution is -1.92. The van der Waals surface area contributed by atoms with Crippen molar-refractivity contribution < 1.29 is 0 Å². The third kappa shape index (κ3) is 3.95. The lowest BCUT2D eigenvalue weighted by molar-refractivity contribution is 0.723. The van der Waals surface area contributed by atoms with Gasteiger partial charge in [0.2, 0.25) is 0 Å². The molecule has 0 aliphatic heterocycles. The highest BCUT2D eigenvalue weighted by molar-refractivity contribution is 5.22. The highest BCUT2D eigenvalue weighted by Gasteiger charge is 2.04. The molecule has 2 nitrogen and oxygen atoms in total. The van der Waals surface area contributed by atoms with E-state index in [2.05, 4.69) is 25.9 Å². The van der Waals surface area contributed by atoms with Crippen molar-refractivity contribution in [1.29, 1.82) is 0 Å². The number of hydrogen-bond acceptors (Lipinski definition) is 1. The first kappa shape index (κ1) is 15.7. The molecule has 0 aromatic carbocycles. The van der Waals surface area contributed by atoms with Gasteiger partial charge in [-0.15, -0.1) is 0 Å². The van der Waals surface area contributed by atoms with E-state index in [4.69, 9.17) is 0 Å². The molecule has 0 saturated heterocycles. The number of aromatic nitrogens is 2. The number of nitrogens with zero attached hydrogens (tertiary/aromatic N) is 2. The predicted octanol–water partition coefficient (Wildman–Crippen LogP) is 3.65. The number of rotatable bonds is 1. The Labute approximate surface area is 89.3 Å². The first-order chi connectivity index (χ1) is 6.66. The van der Waals surface area contributed by atoms with Gasteiger partial charge in [-0.3, -0.25) is 4.68 Å². The summed E-state index contributed by atoms with van der Waals surface area (Å²) in [5.41, 5.74) is 3.84. The Morgan fingerprint density at radius 3 is 1.64 bits per heavy atom. The molecule has 0 amide bonds. The summed E-state index contributed by atoms with van der Waals surface area (Å²) in [5.74, 6) is 0. The van der Waals surface area contributed by atoms with Crippen LogP contribution in [0.25, 0.3) is 0 Å². The Bertz CT molecular complexity index is 237. The Morgan fingerprint density at radius 1 is 1.07 bits per heavy atom. The molecule has 0 radical (unpaired) electrons. The van der Waals surface area contributed by atoms with Crippen LogP contribution in [0.5, 0.6) is 0 Å². The Hall–Kier alpha value is -0.790. The fourth-order valence-electron chi connectivity index (χ4n) is 1.12. The molecule has 0 aliphatic carbocycles. The van der Waals surface area contributed by atoms with Crippen molar-refractivity contribution in [3.05, 3.63) is 17.0 Å². The molecule has 0 spiro atoms. The lowest BCUT2D eigenvalue weighted by Gasteiger charge is -1.91. The van der Waals surface area contributed by atoms with E-state index < -0.39 is 0 Å². The maximum Gasteiger partial charge on any atom is 0.0653 e. The molecule has 1 rings (SSSR count). The van der Waals surface area contributed by atoms with E-state index in [0.29, 0.717) is 0 Å². The molecule has 0 aliphatic rings. The van der Waals surface area contributed by atoms with E-state index in [-0.39, 0.29) is 0 Å². The van der Waals surface area contributed by atoms with Crippen LogP contribution >= 0.6 is 0 Å². The normalized spacial score (nSPS) is 8.29. The number of aryl methyl sites for hydroxylation is 2. The molecule has 0 saturated carbocycles. The third-order valence-electron chi connectivity index (χ3n) is 2.07.